The topological polar surface area (TPSA) is 122 Å². The average molecular weight is 656 g/mol. The van der Waals surface area contributed by atoms with E-state index >= 15 is 0 Å². The molecule has 0 bridgehead atoms. The van der Waals surface area contributed by atoms with E-state index in [-0.39, 0.29) is 30.6 Å². The summed E-state index contributed by atoms with van der Waals surface area (Å²) in [5, 5.41) is 12.9. The molecular weight excluding hydrogens is 607 g/mol. The molecule has 0 spiro atoms. The van der Waals surface area contributed by atoms with Gasteiger partial charge in [0.1, 0.15) is 6.61 Å². The summed E-state index contributed by atoms with van der Waals surface area (Å²) in [5.74, 6) is 3.17. The number of rotatable bonds is 12. The summed E-state index contributed by atoms with van der Waals surface area (Å²) in [4.78, 5) is 33.2. The van der Waals surface area contributed by atoms with E-state index in [0.717, 1.165) is 11.5 Å². The number of nitrogens with one attached hydrogen (secondary N) is 1. The molecule has 0 heterocycles. The van der Waals surface area contributed by atoms with Crippen molar-refractivity contribution in [2.24, 2.45) is 11.7 Å². The number of amides is 1. The van der Waals surface area contributed by atoms with Crippen molar-refractivity contribution in [2.75, 3.05) is 19.7 Å². The number of nitrogens with two attached hydrogens (primary N) is 1. The van der Waals surface area contributed by atoms with Crippen LogP contribution < -0.4 is 15.8 Å². The van der Waals surface area contributed by atoms with Crippen LogP contribution in [-0.2, 0) is 41.4 Å². The summed E-state index contributed by atoms with van der Waals surface area (Å²) in [6.45, 7) is 8.57. The van der Waals surface area contributed by atoms with Gasteiger partial charge in [0, 0.05) is 0 Å². The van der Waals surface area contributed by atoms with Crippen molar-refractivity contribution in [3.8, 4) is 18.1 Å². The molecule has 1 aromatic carbocycles. The number of hydrogen-bond acceptors (Lipinski definition) is 8. The fourth-order valence-electron chi connectivity index (χ4n) is 3.38. The predicted molar refractivity (Wildman–Crippen MR) is 162 cm³/mol. The number of hydroxylamine groups is 2. The van der Waals surface area contributed by atoms with Crippen LogP contribution in [0.4, 0.5) is 0 Å². The van der Waals surface area contributed by atoms with Gasteiger partial charge < -0.3 is 10.5 Å². The SMILES string of the molecule is C#CCOc1ccc(C[C@@H](C(C)=O)N(O)C(=O)CN[CH]=[Nb])cc1.CC1CCCCC1.CCC.NCCC(S)[C-]=O. The van der Waals surface area contributed by atoms with Gasteiger partial charge in [-0.15, -0.1) is 6.42 Å². The molecule has 2 atom stereocenters. The van der Waals surface area contributed by atoms with Gasteiger partial charge in [-0.2, -0.15) is 0 Å². The quantitative estimate of drug-likeness (QED) is 0.0670. The Balaban J connectivity index is 0. The third kappa shape index (κ3) is 22.0. The maximum atomic E-state index is 11.8. The Labute approximate surface area is 259 Å². The third-order valence-corrected chi connectivity index (χ3v) is 6.32. The van der Waals surface area contributed by atoms with E-state index < -0.39 is 11.9 Å². The van der Waals surface area contributed by atoms with Gasteiger partial charge in [-0.3, -0.25) is 6.29 Å². The van der Waals surface area contributed by atoms with E-state index in [1.165, 1.54) is 66.0 Å². The van der Waals surface area contributed by atoms with Gasteiger partial charge in [0.2, 0.25) is 0 Å². The second kappa shape index (κ2) is 27.4. The Morgan fingerprint density at radius 1 is 1.30 bits per heavy atom. The summed E-state index contributed by atoms with van der Waals surface area (Å²) in [6, 6.07) is 6.05. The zero-order valence-corrected chi connectivity index (χ0v) is 27.6. The second-order valence-corrected chi connectivity index (χ2v) is 10.6. The zero-order valence-electron chi connectivity index (χ0n) is 24.5. The second-order valence-electron chi connectivity index (χ2n) is 9.38. The van der Waals surface area contributed by atoms with Gasteiger partial charge in [-0.25, -0.2) is 12.6 Å². The molecule has 40 heavy (non-hydrogen) atoms. The van der Waals surface area contributed by atoms with Gasteiger partial charge in [0.15, 0.2) is 0 Å². The molecule has 1 amide bonds. The number of carbonyl (C=O) groups excluding carboxylic acids is 3. The van der Waals surface area contributed by atoms with Crippen LogP contribution in [0.1, 0.15) is 78.2 Å². The van der Waals surface area contributed by atoms with Crippen LogP contribution in [0.15, 0.2) is 24.3 Å². The Hall–Kier alpha value is -1.77. The van der Waals surface area contributed by atoms with Crippen LogP contribution in [0, 0.1) is 18.3 Å². The number of terminal acetylenes is 1. The Bertz CT molecular complexity index is 858. The molecule has 1 aromatic rings. The van der Waals surface area contributed by atoms with E-state index in [1.54, 1.807) is 34.9 Å². The van der Waals surface area contributed by atoms with E-state index in [2.05, 4.69) is 44.6 Å². The standard InChI is InChI=1S/C16H18N2O4.C7H14.C4H8NOS.C3H8.Nb/c1-4-9-22-14-7-5-13(6-8-14)10-15(12(2)19)18(21)16(20)11-17-3;1-7-5-3-2-4-6-7;5-2-1-4(7)3-6;1-3-2;/h1,3,5-8,15,17,21H,9-11H2,2H3;7H,2-6H2,1H3;4,7H,1-2,5H2;3H2,1-2H3;/q;;-1;;/t15-;;;;/m0..../s1. The molecule has 1 fully saturated rings. The number of thiol groups is 1. The normalized spacial score (nSPS) is 13.6. The van der Waals surface area contributed by atoms with Crippen LogP contribution in [0.2, 0.25) is 0 Å². The molecule has 8 nitrogen and oxygen atoms in total. The predicted octanol–water partition coefficient (Wildman–Crippen LogP) is 4.06. The third-order valence-electron chi connectivity index (χ3n) is 5.51. The molecule has 1 aliphatic rings. The number of nitrogens with zero attached hydrogens (tertiary/aromatic N) is 1. The van der Waals surface area contributed by atoms with Gasteiger partial charge in [-0.1, -0.05) is 76.9 Å². The Morgan fingerprint density at radius 3 is 2.25 bits per heavy atom. The van der Waals surface area contributed by atoms with E-state index in [4.69, 9.17) is 16.9 Å². The van der Waals surface area contributed by atoms with Crippen LogP contribution in [0.5, 0.6) is 5.75 Å². The smallest absolute Gasteiger partial charge is 0.00897 e. The molecule has 10 heteroatoms. The summed E-state index contributed by atoms with van der Waals surface area (Å²) in [6.07, 6.45) is 16.3. The van der Waals surface area contributed by atoms with Crippen molar-refractivity contribution in [1.82, 2.24) is 10.4 Å². The van der Waals surface area contributed by atoms with Crippen LogP contribution >= 0.6 is 12.6 Å². The fraction of sp³-hybridized carbons (Fsp3) is 0.600. The van der Waals surface area contributed by atoms with E-state index in [1.807, 2.05) is 0 Å². The largest absolute Gasteiger partial charge is 0.541 e. The number of ketones is 1. The maximum Gasteiger partial charge on any atom is -0.00897 e. The zero-order chi connectivity index (χ0) is 30.8. The minimum absolute atomic E-state index is 0.0613. The van der Waals surface area contributed by atoms with Crippen molar-refractivity contribution in [2.45, 2.75) is 90.4 Å². The first kappa shape index (κ1) is 40.4. The van der Waals surface area contributed by atoms with Crippen molar-refractivity contribution in [3.63, 3.8) is 0 Å². The van der Waals surface area contributed by atoms with E-state index in [0.29, 0.717) is 23.8 Å². The summed E-state index contributed by atoms with van der Waals surface area (Å²) < 4.78 is 6.90. The average Bonchev–Trinajstić information content (AvgIpc) is 2.95. The molecule has 1 saturated carbocycles. The summed E-state index contributed by atoms with van der Waals surface area (Å²) >= 11 is 5.19. The first-order chi connectivity index (χ1) is 19.1. The molecule has 0 aromatic heterocycles. The minimum Gasteiger partial charge on any atom is -0.541 e. The van der Waals surface area contributed by atoms with Gasteiger partial charge in [0.25, 0.3) is 0 Å². The molecule has 1 aliphatic carbocycles. The number of Topliss-reactive ketones (excluding diaryl/α,β-unsaturated/α-hetero) is 1. The number of ether oxygens (including phenoxy) is 1. The minimum atomic E-state index is -0.928. The van der Waals surface area contributed by atoms with Gasteiger partial charge in [0.05, 0.1) is 0 Å². The van der Waals surface area contributed by atoms with Gasteiger partial charge in [-0.05, 0) is 12.5 Å². The molecule has 2 rings (SSSR count). The van der Waals surface area contributed by atoms with Crippen LogP contribution in [0.3, 0.4) is 0 Å². The molecule has 0 aliphatic heterocycles. The summed E-state index contributed by atoms with van der Waals surface area (Å²) in [5.41, 5.74) is 5.87. The van der Waals surface area contributed by atoms with Crippen molar-refractivity contribution in [3.05, 3.63) is 29.8 Å². The van der Waals surface area contributed by atoms with Crippen molar-refractivity contribution >= 4 is 35.0 Å². The maximum absolute atomic E-state index is 11.8. The molecule has 4 N–H and O–H groups in total. The Morgan fingerprint density at radius 2 is 1.88 bits per heavy atom. The number of hydrogen-bond donors (Lipinski definition) is 4. The molecule has 0 saturated heterocycles. The fourth-order valence-corrected chi connectivity index (χ4v) is 3.76. The van der Waals surface area contributed by atoms with Crippen molar-refractivity contribution < 1.29 is 44.9 Å². The molecular formula is C30H48N3NbO5S-. The van der Waals surface area contributed by atoms with E-state index in [9.17, 15) is 19.6 Å². The summed E-state index contributed by atoms with van der Waals surface area (Å²) in [7, 11) is 0. The van der Waals surface area contributed by atoms with Gasteiger partial charge >= 0.3 is 128 Å². The molecule has 1 unspecified atom stereocenters. The number of benzene rings is 1. The van der Waals surface area contributed by atoms with Crippen LogP contribution in [-0.4, -0.2) is 63.6 Å². The first-order valence-electron chi connectivity index (χ1n) is 13.7. The van der Waals surface area contributed by atoms with Crippen LogP contribution in [0.25, 0.3) is 0 Å². The number of carbonyl (C=O) groups is 2. The Kier molecular flexibility index (Phi) is 27.7. The first-order valence-corrected chi connectivity index (χ1v) is 15.5. The monoisotopic (exact) mass is 655 g/mol. The van der Waals surface area contributed by atoms with Crippen molar-refractivity contribution in [1.29, 1.82) is 0 Å². The molecule has 0 radical (unpaired) electrons. The molecule has 225 valence electrons.